The predicted molar refractivity (Wildman–Crippen MR) is 126 cm³/mol. The van der Waals surface area contributed by atoms with Crippen LogP contribution in [0.5, 0.6) is 23.0 Å². The van der Waals surface area contributed by atoms with Crippen LogP contribution in [0.4, 0.5) is 0 Å². The highest BCUT2D eigenvalue weighted by Crippen LogP contribution is 2.58. The number of aromatic hydroxyl groups is 2. The minimum atomic E-state index is -0.133. The number of hydrogen-bond acceptors (Lipinski definition) is 5. The Morgan fingerprint density at radius 3 is 1.53 bits per heavy atom. The van der Waals surface area contributed by atoms with Crippen LogP contribution in [0.2, 0.25) is 0 Å². The summed E-state index contributed by atoms with van der Waals surface area (Å²) < 4.78 is 6.60. The van der Waals surface area contributed by atoms with E-state index in [0.717, 1.165) is 60.2 Å². The number of thioether (sulfide) groups is 2. The van der Waals surface area contributed by atoms with Crippen molar-refractivity contribution in [1.29, 1.82) is 0 Å². The third kappa shape index (κ3) is 2.90. The van der Waals surface area contributed by atoms with Crippen LogP contribution in [0, 0.1) is 27.7 Å². The van der Waals surface area contributed by atoms with Crippen molar-refractivity contribution in [3.05, 3.63) is 69.3 Å². The van der Waals surface area contributed by atoms with Crippen LogP contribution in [-0.4, -0.2) is 22.7 Å². The summed E-state index contributed by atoms with van der Waals surface area (Å²) in [5.41, 5.74) is 6.60. The fourth-order valence-electron chi connectivity index (χ4n) is 4.58. The first kappa shape index (κ1) is 21.0. The van der Waals surface area contributed by atoms with Gasteiger partial charge < -0.3 is 14.9 Å². The SMILES string of the molecule is CSc1c(C)c2c(c(C)c1O)C(c1ccccc1)c1c(C)c(O)c(SC)c(C)c1O2. The van der Waals surface area contributed by atoms with Gasteiger partial charge in [0.1, 0.15) is 23.0 Å². The zero-order valence-electron chi connectivity index (χ0n) is 18.1. The lowest BCUT2D eigenvalue weighted by atomic mass is 9.77. The Morgan fingerprint density at radius 2 is 1.13 bits per heavy atom. The van der Waals surface area contributed by atoms with Gasteiger partial charge >= 0.3 is 0 Å². The normalized spacial score (nSPS) is 13.0. The van der Waals surface area contributed by atoms with Crippen LogP contribution < -0.4 is 4.74 Å². The van der Waals surface area contributed by atoms with Crippen LogP contribution in [-0.2, 0) is 0 Å². The van der Waals surface area contributed by atoms with Crippen molar-refractivity contribution >= 4 is 23.5 Å². The van der Waals surface area contributed by atoms with Crippen molar-refractivity contribution in [3.8, 4) is 23.0 Å². The van der Waals surface area contributed by atoms with Gasteiger partial charge in [0.05, 0.1) is 9.79 Å². The Kier molecular flexibility index (Phi) is 5.45. The highest BCUT2D eigenvalue weighted by atomic mass is 32.2. The van der Waals surface area contributed by atoms with E-state index < -0.39 is 0 Å². The smallest absolute Gasteiger partial charge is 0.136 e. The summed E-state index contributed by atoms with van der Waals surface area (Å²) in [5.74, 6) is 2.12. The van der Waals surface area contributed by atoms with Crippen LogP contribution in [0.25, 0.3) is 0 Å². The van der Waals surface area contributed by atoms with E-state index in [9.17, 15) is 10.2 Å². The minimum absolute atomic E-state index is 0.133. The van der Waals surface area contributed by atoms with E-state index in [2.05, 4.69) is 12.1 Å². The molecule has 0 aliphatic carbocycles. The van der Waals surface area contributed by atoms with Gasteiger partial charge in [0.25, 0.3) is 0 Å². The van der Waals surface area contributed by atoms with Crippen molar-refractivity contribution in [1.82, 2.24) is 0 Å². The first-order chi connectivity index (χ1) is 14.3. The van der Waals surface area contributed by atoms with E-state index in [4.69, 9.17) is 4.74 Å². The van der Waals surface area contributed by atoms with Crippen molar-refractivity contribution in [2.45, 2.75) is 43.4 Å². The van der Waals surface area contributed by atoms with Gasteiger partial charge in [-0.05, 0) is 56.9 Å². The third-order valence-electron chi connectivity index (χ3n) is 6.12. The van der Waals surface area contributed by atoms with Gasteiger partial charge in [-0.1, -0.05) is 30.3 Å². The molecule has 0 amide bonds. The highest BCUT2D eigenvalue weighted by molar-refractivity contribution is 7.99. The second-order valence-electron chi connectivity index (χ2n) is 7.70. The fraction of sp³-hybridized carbons (Fsp3) is 0.280. The number of rotatable bonds is 3. The molecule has 0 saturated heterocycles. The molecule has 0 aromatic heterocycles. The Labute approximate surface area is 186 Å². The largest absolute Gasteiger partial charge is 0.506 e. The maximum atomic E-state index is 11.0. The predicted octanol–water partition coefficient (Wildman–Crippen LogP) is 7.06. The van der Waals surface area contributed by atoms with E-state index in [-0.39, 0.29) is 5.92 Å². The molecule has 2 N–H and O–H groups in total. The molecule has 0 fully saturated rings. The molecule has 3 aromatic carbocycles. The molecule has 0 radical (unpaired) electrons. The lowest BCUT2D eigenvalue weighted by Crippen LogP contribution is -2.17. The topological polar surface area (TPSA) is 49.7 Å². The van der Waals surface area contributed by atoms with E-state index >= 15 is 0 Å². The van der Waals surface area contributed by atoms with E-state index in [0.29, 0.717) is 11.5 Å². The average molecular weight is 439 g/mol. The van der Waals surface area contributed by atoms with Gasteiger partial charge in [0.15, 0.2) is 0 Å². The van der Waals surface area contributed by atoms with E-state index in [1.807, 2.05) is 58.4 Å². The fourth-order valence-corrected chi connectivity index (χ4v) is 6.08. The molecule has 0 saturated carbocycles. The molecule has 3 nitrogen and oxygen atoms in total. The summed E-state index contributed by atoms with van der Waals surface area (Å²) in [4.78, 5) is 1.69. The molecule has 3 aromatic rings. The molecule has 4 rings (SSSR count). The van der Waals surface area contributed by atoms with Crippen LogP contribution >= 0.6 is 23.5 Å². The van der Waals surface area contributed by atoms with Gasteiger partial charge in [-0.2, -0.15) is 0 Å². The Balaban J connectivity index is 2.16. The molecule has 0 bridgehead atoms. The summed E-state index contributed by atoms with van der Waals surface area (Å²) in [6, 6.07) is 10.3. The Bertz CT molecular complexity index is 1080. The van der Waals surface area contributed by atoms with Gasteiger partial charge in [-0.15, -0.1) is 23.5 Å². The standard InChI is InChI=1S/C25H26O3S2/c1-12-17-19(16-10-8-7-9-11-16)18-13(2)21(27)25(30-6)15(4)23(18)28-22(17)14(3)24(29-5)20(12)26/h7-11,19,26-27H,1-6H3. The molecule has 156 valence electrons. The number of ether oxygens (including phenoxy) is 1. The molecular formula is C25H26O3S2. The maximum Gasteiger partial charge on any atom is 0.136 e. The van der Waals surface area contributed by atoms with E-state index in [1.165, 1.54) is 23.5 Å². The van der Waals surface area contributed by atoms with Gasteiger partial charge in [0, 0.05) is 28.2 Å². The maximum absolute atomic E-state index is 11.0. The summed E-state index contributed by atoms with van der Waals surface area (Å²) in [6.45, 7) is 7.93. The minimum Gasteiger partial charge on any atom is -0.506 e. The molecule has 5 heteroatoms. The molecule has 0 unspecified atom stereocenters. The molecule has 0 atom stereocenters. The van der Waals surface area contributed by atoms with Crippen molar-refractivity contribution in [2.24, 2.45) is 0 Å². The monoisotopic (exact) mass is 438 g/mol. The summed E-state index contributed by atoms with van der Waals surface area (Å²) in [7, 11) is 0. The van der Waals surface area contributed by atoms with Crippen molar-refractivity contribution in [2.75, 3.05) is 12.5 Å². The second kappa shape index (κ2) is 7.78. The van der Waals surface area contributed by atoms with E-state index in [1.54, 1.807) is 0 Å². The number of phenolic OH excluding ortho intramolecular Hbond substituents is 2. The Morgan fingerprint density at radius 1 is 0.700 bits per heavy atom. The Hall–Kier alpha value is -2.24. The zero-order chi connectivity index (χ0) is 21.7. The molecule has 0 spiro atoms. The first-order valence-corrected chi connectivity index (χ1v) is 12.3. The molecular weight excluding hydrogens is 412 g/mol. The van der Waals surface area contributed by atoms with Gasteiger partial charge in [0.2, 0.25) is 0 Å². The zero-order valence-corrected chi connectivity index (χ0v) is 19.7. The van der Waals surface area contributed by atoms with Crippen LogP contribution in [0.3, 0.4) is 0 Å². The van der Waals surface area contributed by atoms with Gasteiger partial charge in [-0.3, -0.25) is 0 Å². The molecule has 30 heavy (non-hydrogen) atoms. The quantitative estimate of drug-likeness (QED) is 0.335. The number of phenols is 2. The number of benzene rings is 3. The second-order valence-corrected chi connectivity index (χ2v) is 9.33. The lowest BCUT2D eigenvalue weighted by Gasteiger charge is -2.35. The number of hydrogen-bond donors (Lipinski definition) is 2. The highest BCUT2D eigenvalue weighted by Gasteiger charge is 2.37. The summed E-state index contributed by atoms with van der Waals surface area (Å²) >= 11 is 3.06. The third-order valence-corrected chi connectivity index (χ3v) is 7.94. The van der Waals surface area contributed by atoms with Crippen molar-refractivity contribution in [3.63, 3.8) is 0 Å². The van der Waals surface area contributed by atoms with Crippen LogP contribution in [0.1, 0.15) is 44.9 Å². The summed E-state index contributed by atoms with van der Waals surface area (Å²) in [5, 5.41) is 22.0. The molecule has 1 aliphatic heterocycles. The lowest BCUT2D eigenvalue weighted by molar-refractivity contribution is 0.414. The van der Waals surface area contributed by atoms with Crippen LogP contribution in [0.15, 0.2) is 40.1 Å². The molecule has 1 heterocycles. The number of fused-ring (bicyclic) bond motifs is 2. The molecule has 1 aliphatic rings. The van der Waals surface area contributed by atoms with Gasteiger partial charge in [-0.25, -0.2) is 0 Å². The average Bonchev–Trinajstić information content (AvgIpc) is 2.76. The summed E-state index contributed by atoms with van der Waals surface area (Å²) in [6.07, 6.45) is 3.94. The first-order valence-electron chi connectivity index (χ1n) is 9.86. The van der Waals surface area contributed by atoms with Crippen molar-refractivity contribution < 1.29 is 14.9 Å².